The van der Waals surface area contributed by atoms with Crippen LogP contribution >= 0.6 is 0 Å². The second kappa shape index (κ2) is 8.45. The van der Waals surface area contributed by atoms with Crippen molar-refractivity contribution in [3.05, 3.63) is 30.1 Å². The van der Waals surface area contributed by atoms with Gasteiger partial charge in [-0.05, 0) is 50.0 Å². The number of amides is 1. The highest BCUT2D eigenvalue weighted by molar-refractivity contribution is 5.97. The van der Waals surface area contributed by atoms with Crippen LogP contribution in [0.4, 0.5) is 0 Å². The molecule has 1 fully saturated rings. The quantitative estimate of drug-likeness (QED) is 0.836. The number of piperidine rings is 1. The number of nitrogens with one attached hydrogen (secondary N) is 1. The molecule has 1 aromatic heterocycles. The SMILES string of the molecule is COCCn1cnc2cc(C(=O)NCCN3CCC(C)CC3)ccc21. The molecule has 6 heteroatoms. The highest BCUT2D eigenvalue weighted by Crippen LogP contribution is 2.16. The Labute approximate surface area is 149 Å². The molecule has 0 saturated carbocycles. The van der Waals surface area contributed by atoms with Gasteiger partial charge in [0.2, 0.25) is 0 Å². The molecule has 1 saturated heterocycles. The molecular formula is C19H28N4O2. The van der Waals surface area contributed by atoms with Crippen molar-refractivity contribution in [2.45, 2.75) is 26.3 Å². The van der Waals surface area contributed by atoms with Gasteiger partial charge in [0.15, 0.2) is 0 Å². The van der Waals surface area contributed by atoms with Crippen molar-refractivity contribution < 1.29 is 9.53 Å². The second-order valence-electron chi connectivity index (χ2n) is 6.91. The van der Waals surface area contributed by atoms with E-state index < -0.39 is 0 Å². The van der Waals surface area contributed by atoms with Crippen LogP contribution < -0.4 is 5.32 Å². The molecule has 25 heavy (non-hydrogen) atoms. The van der Waals surface area contributed by atoms with E-state index in [2.05, 4.69) is 22.1 Å². The lowest BCUT2D eigenvalue weighted by Crippen LogP contribution is -2.39. The molecule has 0 aliphatic carbocycles. The minimum absolute atomic E-state index is 0.0290. The van der Waals surface area contributed by atoms with Gasteiger partial charge in [-0.1, -0.05) is 6.92 Å². The van der Waals surface area contributed by atoms with Crippen LogP contribution in [0.2, 0.25) is 0 Å². The molecule has 1 aliphatic rings. The molecule has 1 aliphatic heterocycles. The highest BCUT2D eigenvalue weighted by atomic mass is 16.5. The Kier molecular flexibility index (Phi) is 6.04. The predicted octanol–water partition coefficient (Wildman–Crippen LogP) is 2.14. The number of fused-ring (bicyclic) bond motifs is 1. The summed E-state index contributed by atoms with van der Waals surface area (Å²) >= 11 is 0. The van der Waals surface area contributed by atoms with Gasteiger partial charge in [0.05, 0.1) is 24.0 Å². The smallest absolute Gasteiger partial charge is 0.251 e. The summed E-state index contributed by atoms with van der Waals surface area (Å²) in [6.07, 6.45) is 4.31. The third kappa shape index (κ3) is 4.58. The van der Waals surface area contributed by atoms with Gasteiger partial charge < -0.3 is 19.5 Å². The van der Waals surface area contributed by atoms with E-state index in [1.807, 2.05) is 22.8 Å². The normalized spacial score (nSPS) is 16.4. The molecule has 0 unspecified atom stereocenters. The molecule has 0 spiro atoms. The fraction of sp³-hybridized carbons (Fsp3) is 0.579. The third-order valence-corrected chi connectivity index (χ3v) is 5.01. The maximum absolute atomic E-state index is 12.4. The number of aromatic nitrogens is 2. The minimum Gasteiger partial charge on any atom is -0.383 e. The van der Waals surface area contributed by atoms with Crippen molar-refractivity contribution in [1.29, 1.82) is 0 Å². The Bertz CT molecular complexity index is 705. The van der Waals surface area contributed by atoms with Crippen LogP contribution in [0.1, 0.15) is 30.1 Å². The van der Waals surface area contributed by atoms with Crippen LogP contribution in [0.5, 0.6) is 0 Å². The van der Waals surface area contributed by atoms with Gasteiger partial charge in [-0.2, -0.15) is 0 Å². The zero-order valence-electron chi connectivity index (χ0n) is 15.2. The van der Waals surface area contributed by atoms with Gasteiger partial charge in [-0.15, -0.1) is 0 Å². The minimum atomic E-state index is -0.0290. The van der Waals surface area contributed by atoms with E-state index in [1.165, 1.54) is 12.8 Å². The summed E-state index contributed by atoms with van der Waals surface area (Å²) in [6.45, 7) is 7.60. The topological polar surface area (TPSA) is 59.4 Å². The van der Waals surface area contributed by atoms with E-state index in [1.54, 1.807) is 13.4 Å². The van der Waals surface area contributed by atoms with Crippen molar-refractivity contribution in [3.63, 3.8) is 0 Å². The Morgan fingerprint density at radius 2 is 2.12 bits per heavy atom. The molecule has 0 atom stereocenters. The summed E-state index contributed by atoms with van der Waals surface area (Å²) < 4.78 is 7.15. The van der Waals surface area contributed by atoms with Crippen molar-refractivity contribution >= 4 is 16.9 Å². The summed E-state index contributed by atoms with van der Waals surface area (Å²) in [6, 6.07) is 5.68. The maximum Gasteiger partial charge on any atom is 0.251 e. The summed E-state index contributed by atoms with van der Waals surface area (Å²) in [5, 5.41) is 3.03. The summed E-state index contributed by atoms with van der Waals surface area (Å²) in [5.74, 6) is 0.806. The van der Waals surface area contributed by atoms with Crippen LogP contribution in [0.25, 0.3) is 11.0 Å². The number of benzene rings is 1. The summed E-state index contributed by atoms with van der Waals surface area (Å²) in [7, 11) is 1.69. The van der Waals surface area contributed by atoms with Crippen LogP contribution in [0, 0.1) is 5.92 Å². The van der Waals surface area contributed by atoms with Crippen LogP contribution in [0.3, 0.4) is 0 Å². The van der Waals surface area contributed by atoms with Crippen LogP contribution in [-0.4, -0.2) is 60.3 Å². The molecule has 2 aromatic rings. The number of likely N-dealkylation sites (tertiary alicyclic amines) is 1. The van der Waals surface area contributed by atoms with Gasteiger partial charge in [0, 0.05) is 32.3 Å². The average molecular weight is 344 g/mol. The predicted molar refractivity (Wildman–Crippen MR) is 98.8 cm³/mol. The number of carbonyl (C=O) groups is 1. The number of ether oxygens (including phenoxy) is 1. The number of hydrogen-bond acceptors (Lipinski definition) is 4. The van der Waals surface area contributed by atoms with Gasteiger partial charge in [0.1, 0.15) is 0 Å². The molecule has 2 heterocycles. The lowest BCUT2D eigenvalue weighted by atomic mass is 9.99. The number of imidazole rings is 1. The first-order valence-corrected chi connectivity index (χ1v) is 9.12. The monoisotopic (exact) mass is 344 g/mol. The molecule has 136 valence electrons. The number of nitrogens with zero attached hydrogens (tertiary/aromatic N) is 3. The van der Waals surface area contributed by atoms with Crippen LogP contribution in [0.15, 0.2) is 24.5 Å². The Balaban J connectivity index is 1.53. The van der Waals surface area contributed by atoms with Gasteiger partial charge in [-0.3, -0.25) is 4.79 Å². The second-order valence-corrected chi connectivity index (χ2v) is 6.91. The van der Waals surface area contributed by atoms with E-state index in [9.17, 15) is 4.79 Å². The highest BCUT2D eigenvalue weighted by Gasteiger charge is 2.15. The molecule has 3 rings (SSSR count). The average Bonchev–Trinajstić information content (AvgIpc) is 3.03. The number of carbonyl (C=O) groups excluding carboxylic acids is 1. The van der Waals surface area contributed by atoms with E-state index in [-0.39, 0.29) is 5.91 Å². The molecule has 1 N–H and O–H groups in total. The summed E-state index contributed by atoms with van der Waals surface area (Å²) in [5.41, 5.74) is 2.53. The summed E-state index contributed by atoms with van der Waals surface area (Å²) in [4.78, 5) is 19.2. The number of hydrogen-bond donors (Lipinski definition) is 1. The zero-order valence-corrected chi connectivity index (χ0v) is 15.2. The largest absolute Gasteiger partial charge is 0.383 e. The first-order chi connectivity index (χ1) is 12.2. The van der Waals surface area contributed by atoms with Crippen molar-refractivity contribution in [1.82, 2.24) is 19.8 Å². The maximum atomic E-state index is 12.4. The first kappa shape index (κ1) is 17.9. The van der Waals surface area contributed by atoms with E-state index in [4.69, 9.17) is 4.74 Å². The van der Waals surface area contributed by atoms with Crippen molar-refractivity contribution in [3.8, 4) is 0 Å². The standard InChI is InChI=1S/C19H28N4O2/c1-15-5-8-22(9-6-15)10-7-20-19(24)16-3-4-18-17(13-16)21-14-23(18)11-12-25-2/h3-4,13-15H,5-12H2,1-2H3,(H,20,24). The molecule has 1 aromatic carbocycles. The number of rotatable bonds is 7. The first-order valence-electron chi connectivity index (χ1n) is 9.12. The molecule has 0 radical (unpaired) electrons. The van der Waals surface area contributed by atoms with Gasteiger partial charge in [0.25, 0.3) is 5.91 Å². The molecule has 0 bridgehead atoms. The van der Waals surface area contributed by atoms with E-state index >= 15 is 0 Å². The Morgan fingerprint density at radius 3 is 2.88 bits per heavy atom. The van der Waals surface area contributed by atoms with Crippen molar-refractivity contribution in [2.75, 3.05) is 39.9 Å². The fourth-order valence-electron chi connectivity index (χ4n) is 3.29. The third-order valence-electron chi connectivity index (χ3n) is 5.01. The molecule has 1 amide bonds. The van der Waals surface area contributed by atoms with Gasteiger partial charge >= 0.3 is 0 Å². The lowest BCUT2D eigenvalue weighted by molar-refractivity contribution is 0.0944. The van der Waals surface area contributed by atoms with Crippen molar-refractivity contribution in [2.24, 2.45) is 5.92 Å². The van der Waals surface area contributed by atoms with E-state index in [0.717, 1.165) is 43.1 Å². The van der Waals surface area contributed by atoms with E-state index in [0.29, 0.717) is 18.7 Å². The zero-order chi connectivity index (χ0) is 17.6. The lowest BCUT2D eigenvalue weighted by Gasteiger charge is -2.30. The Morgan fingerprint density at radius 1 is 1.32 bits per heavy atom. The molecular weight excluding hydrogens is 316 g/mol. The van der Waals surface area contributed by atoms with Gasteiger partial charge in [-0.25, -0.2) is 4.98 Å². The number of methoxy groups -OCH3 is 1. The van der Waals surface area contributed by atoms with Crippen LogP contribution in [-0.2, 0) is 11.3 Å². The fourth-order valence-corrected chi connectivity index (χ4v) is 3.29. The Hall–Kier alpha value is -1.92. The molecule has 6 nitrogen and oxygen atoms in total.